The zero-order chi connectivity index (χ0) is 18.1. The highest BCUT2D eigenvalue weighted by atomic mass is 32.2. The van der Waals surface area contributed by atoms with Crippen LogP contribution in [0.4, 0.5) is 0 Å². The molecule has 0 saturated carbocycles. The van der Waals surface area contributed by atoms with Gasteiger partial charge in [0.2, 0.25) is 5.91 Å². The van der Waals surface area contributed by atoms with Crippen molar-refractivity contribution in [1.82, 2.24) is 23.6 Å². The van der Waals surface area contributed by atoms with Gasteiger partial charge in [-0.05, 0) is 6.92 Å². The van der Waals surface area contributed by atoms with Crippen molar-refractivity contribution in [2.24, 2.45) is 14.1 Å². The average molecular weight is 367 g/mol. The number of hydrogen-bond acceptors (Lipinski definition) is 6. The van der Waals surface area contributed by atoms with E-state index < -0.39 is 5.69 Å². The summed E-state index contributed by atoms with van der Waals surface area (Å²) in [4.78, 5) is 43.1. The highest BCUT2D eigenvalue weighted by Crippen LogP contribution is 2.22. The maximum Gasteiger partial charge on any atom is 0.332 e. The number of aryl methyl sites for hydroxylation is 2. The first-order chi connectivity index (χ1) is 12.0. The normalized spacial score (nSPS) is 15.1. The van der Waals surface area contributed by atoms with Gasteiger partial charge in [-0.15, -0.1) is 0 Å². The summed E-state index contributed by atoms with van der Waals surface area (Å²) < 4.78 is 9.44. The summed E-state index contributed by atoms with van der Waals surface area (Å²) in [5, 5.41) is 0.567. The third kappa shape index (κ3) is 3.11. The van der Waals surface area contributed by atoms with Gasteiger partial charge in [0, 0.05) is 33.7 Å². The molecule has 10 heteroatoms. The van der Waals surface area contributed by atoms with E-state index in [9.17, 15) is 14.4 Å². The molecule has 0 spiro atoms. The lowest BCUT2D eigenvalue weighted by molar-refractivity contribution is -0.132. The lowest BCUT2D eigenvalue weighted by Crippen LogP contribution is -2.41. The molecule has 3 heterocycles. The van der Waals surface area contributed by atoms with Crippen molar-refractivity contribution in [1.29, 1.82) is 0 Å². The largest absolute Gasteiger partial charge is 0.378 e. The monoisotopic (exact) mass is 367 g/mol. The molecule has 1 saturated heterocycles. The van der Waals surface area contributed by atoms with Crippen LogP contribution in [0.2, 0.25) is 0 Å². The molecule has 2 aromatic heterocycles. The van der Waals surface area contributed by atoms with Crippen LogP contribution in [-0.2, 0) is 30.2 Å². The second-order valence-corrected chi connectivity index (χ2v) is 6.74. The molecule has 0 aromatic carbocycles. The Balaban J connectivity index is 1.93. The second-order valence-electron chi connectivity index (χ2n) is 5.80. The molecule has 0 unspecified atom stereocenters. The van der Waals surface area contributed by atoms with Crippen LogP contribution < -0.4 is 11.2 Å². The maximum absolute atomic E-state index is 12.5. The van der Waals surface area contributed by atoms with Crippen LogP contribution in [0.1, 0.15) is 6.92 Å². The van der Waals surface area contributed by atoms with Gasteiger partial charge < -0.3 is 14.2 Å². The zero-order valence-corrected chi connectivity index (χ0v) is 15.3. The number of carbonyl (C=O) groups is 1. The van der Waals surface area contributed by atoms with Crippen LogP contribution in [0.5, 0.6) is 0 Å². The Bertz CT molecular complexity index is 923. The lowest BCUT2D eigenvalue weighted by atomic mass is 10.4. The van der Waals surface area contributed by atoms with Crippen molar-refractivity contribution >= 4 is 28.8 Å². The second kappa shape index (κ2) is 7.04. The fourth-order valence-corrected chi connectivity index (χ4v) is 3.82. The SMILES string of the molecule is CCn1c(SCC(=O)N2CCOCC2)nc2c1c(=O)n(C)c(=O)n2C. The van der Waals surface area contributed by atoms with Gasteiger partial charge in [-0.1, -0.05) is 11.8 Å². The van der Waals surface area contributed by atoms with E-state index in [0.29, 0.717) is 49.2 Å². The number of hydrogen-bond donors (Lipinski definition) is 0. The molecular weight excluding hydrogens is 346 g/mol. The Labute approximate surface area is 148 Å². The van der Waals surface area contributed by atoms with Gasteiger partial charge >= 0.3 is 5.69 Å². The third-order valence-electron chi connectivity index (χ3n) is 4.32. The number of amides is 1. The molecule has 1 fully saturated rings. The number of carbonyl (C=O) groups excluding carboxylic acids is 1. The number of rotatable bonds is 4. The van der Waals surface area contributed by atoms with Gasteiger partial charge in [-0.25, -0.2) is 9.78 Å². The molecule has 1 amide bonds. The summed E-state index contributed by atoms with van der Waals surface area (Å²) in [7, 11) is 3.04. The molecule has 3 rings (SSSR count). The minimum absolute atomic E-state index is 0.0183. The molecule has 2 aromatic rings. The van der Waals surface area contributed by atoms with Crippen LogP contribution >= 0.6 is 11.8 Å². The van der Waals surface area contributed by atoms with E-state index in [1.165, 1.54) is 23.4 Å². The fraction of sp³-hybridized carbons (Fsp3) is 0.600. The van der Waals surface area contributed by atoms with Gasteiger partial charge in [0.05, 0.1) is 19.0 Å². The number of fused-ring (bicyclic) bond motifs is 1. The van der Waals surface area contributed by atoms with Crippen LogP contribution in [0.25, 0.3) is 11.2 Å². The van der Waals surface area contributed by atoms with Crippen LogP contribution in [0.15, 0.2) is 14.7 Å². The predicted octanol–water partition coefficient (Wildman–Crippen LogP) is -0.595. The van der Waals surface area contributed by atoms with Crippen LogP contribution in [0, 0.1) is 0 Å². The molecule has 0 radical (unpaired) electrons. The van der Waals surface area contributed by atoms with Crippen LogP contribution in [-0.4, -0.2) is 61.5 Å². The van der Waals surface area contributed by atoms with Gasteiger partial charge in [0.1, 0.15) is 0 Å². The molecule has 9 nitrogen and oxygen atoms in total. The highest BCUT2D eigenvalue weighted by molar-refractivity contribution is 7.99. The number of ether oxygens (including phenoxy) is 1. The molecule has 1 aliphatic heterocycles. The molecule has 1 aliphatic rings. The Kier molecular flexibility index (Phi) is 5.00. The fourth-order valence-electron chi connectivity index (χ4n) is 2.86. The third-order valence-corrected chi connectivity index (χ3v) is 5.28. The lowest BCUT2D eigenvalue weighted by Gasteiger charge is -2.26. The van der Waals surface area contributed by atoms with Crippen molar-refractivity contribution in [2.45, 2.75) is 18.6 Å². The predicted molar refractivity (Wildman–Crippen MR) is 94.0 cm³/mol. The smallest absolute Gasteiger partial charge is 0.332 e. The van der Waals surface area contributed by atoms with Gasteiger partial charge in [-0.2, -0.15) is 0 Å². The Morgan fingerprint density at radius 2 is 1.88 bits per heavy atom. The van der Waals surface area contributed by atoms with E-state index in [1.807, 2.05) is 6.92 Å². The minimum Gasteiger partial charge on any atom is -0.378 e. The molecule has 0 N–H and O–H groups in total. The molecular formula is C15H21N5O4S. The molecule has 25 heavy (non-hydrogen) atoms. The van der Waals surface area contributed by atoms with E-state index in [2.05, 4.69) is 4.98 Å². The first-order valence-corrected chi connectivity index (χ1v) is 9.08. The number of thioether (sulfide) groups is 1. The number of imidazole rings is 1. The van der Waals surface area contributed by atoms with E-state index in [-0.39, 0.29) is 17.2 Å². The maximum atomic E-state index is 12.5. The van der Waals surface area contributed by atoms with E-state index in [1.54, 1.807) is 16.5 Å². The first-order valence-electron chi connectivity index (χ1n) is 8.10. The van der Waals surface area contributed by atoms with Gasteiger partial charge in [0.25, 0.3) is 5.56 Å². The van der Waals surface area contributed by atoms with Crippen molar-refractivity contribution in [3.8, 4) is 0 Å². The summed E-state index contributed by atoms with van der Waals surface area (Å²) in [6.45, 7) is 4.73. The van der Waals surface area contributed by atoms with Crippen LogP contribution in [0.3, 0.4) is 0 Å². The zero-order valence-electron chi connectivity index (χ0n) is 14.5. The summed E-state index contributed by atoms with van der Waals surface area (Å²) in [5.74, 6) is 0.252. The van der Waals surface area contributed by atoms with Crippen molar-refractivity contribution < 1.29 is 9.53 Å². The summed E-state index contributed by atoms with van der Waals surface area (Å²) in [6, 6.07) is 0. The Hall–Kier alpha value is -2.07. The molecule has 0 aliphatic carbocycles. The highest BCUT2D eigenvalue weighted by Gasteiger charge is 2.21. The van der Waals surface area contributed by atoms with E-state index >= 15 is 0 Å². The topological polar surface area (TPSA) is 91.4 Å². The first kappa shape index (κ1) is 17.7. The minimum atomic E-state index is -0.417. The van der Waals surface area contributed by atoms with E-state index in [0.717, 1.165) is 4.57 Å². The van der Waals surface area contributed by atoms with Crippen molar-refractivity contribution in [3.05, 3.63) is 20.8 Å². The number of nitrogens with zero attached hydrogens (tertiary/aromatic N) is 5. The molecule has 0 atom stereocenters. The standard InChI is InChI=1S/C15H21N5O4S/c1-4-20-11-12(17(2)15(23)18(3)13(11)22)16-14(20)25-9-10(21)19-5-7-24-8-6-19/h4-9H2,1-3H3. The summed E-state index contributed by atoms with van der Waals surface area (Å²) in [5.41, 5.74) is -0.0669. The van der Waals surface area contributed by atoms with Crippen molar-refractivity contribution in [2.75, 3.05) is 32.1 Å². The summed E-state index contributed by atoms with van der Waals surface area (Å²) >= 11 is 1.28. The average Bonchev–Trinajstić information content (AvgIpc) is 3.02. The molecule has 136 valence electrons. The van der Waals surface area contributed by atoms with Gasteiger partial charge in [0.15, 0.2) is 16.3 Å². The Morgan fingerprint density at radius 3 is 2.52 bits per heavy atom. The quantitative estimate of drug-likeness (QED) is 0.671. The van der Waals surface area contributed by atoms with E-state index in [4.69, 9.17) is 4.74 Å². The summed E-state index contributed by atoms with van der Waals surface area (Å²) in [6.07, 6.45) is 0. The molecule has 0 bridgehead atoms. The number of morpholine rings is 1. The Morgan fingerprint density at radius 1 is 1.20 bits per heavy atom. The van der Waals surface area contributed by atoms with Crippen molar-refractivity contribution in [3.63, 3.8) is 0 Å². The number of aromatic nitrogens is 4. The van der Waals surface area contributed by atoms with Gasteiger partial charge in [-0.3, -0.25) is 18.7 Å².